The lowest BCUT2D eigenvalue weighted by atomic mass is 10.1. The third-order valence-electron chi connectivity index (χ3n) is 3.38. The van der Waals surface area contributed by atoms with Crippen LogP contribution in [0.3, 0.4) is 0 Å². The molecule has 2 N–H and O–H groups in total. The number of benzene rings is 1. The van der Waals surface area contributed by atoms with Crippen molar-refractivity contribution in [2.24, 2.45) is 0 Å². The number of esters is 1. The van der Waals surface area contributed by atoms with Crippen LogP contribution >= 0.6 is 0 Å². The molecule has 0 radical (unpaired) electrons. The number of rotatable bonds is 5. The zero-order chi connectivity index (χ0) is 15.3. The molecule has 5 nitrogen and oxygen atoms in total. The molecular weight excluding hydrogens is 268 g/mol. The molecule has 0 aromatic heterocycles. The van der Waals surface area contributed by atoms with Crippen LogP contribution in [0, 0.1) is 0 Å². The molecule has 1 aromatic rings. The first-order chi connectivity index (χ1) is 10.0. The van der Waals surface area contributed by atoms with E-state index in [9.17, 15) is 9.90 Å². The molecule has 1 aliphatic rings. The van der Waals surface area contributed by atoms with Gasteiger partial charge < -0.3 is 14.7 Å². The molecule has 0 bridgehead atoms. The van der Waals surface area contributed by atoms with Crippen molar-refractivity contribution in [3.05, 3.63) is 59.8 Å². The predicted molar refractivity (Wildman–Crippen MR) is 80.2 cm³/mol. The summed E-state index contributed by atoms with van der Waals surface area (Å²) in [5.74, 6) is -1.49. The highest BCUT2D eigenvalue weighted by Crippen LogP contribution is 2.13. The quantitative estimate of drug-likeness (QED) is 0.637. The highest BCUT2D eigenvalue weighted by atomic mass is 16.5. The number of nitrogens with one attached hydrogen (secondary N) is 1. The number of carbonyl (C=O) groups excluding carboxylic acids is 1. The lowest BCUT2D eigenvalue weighted by Gasteiger charge is -2.37. The SMILES string of the molecule is COC(=O)c1ccc(CNC(C)(O)N2C=CC=CC2)cc1. The van der Waals surface area contributed by atoms with Crippen LogP contribution in [0.4, 0.5) is 0 Å². The van der Waals surface area contributed by atoms with Crippen LogP contribution in [0.1, 0.15) is 22.8 Å². The maximum Gasteiger partial charge on any atom is 0.337 e. The van der Waals surface area contributed by atoms with E-state index < -0.39 is 5.85 Å². The topological polar surface area (TPSA) is 61.8 Å². The van der Waals surface area contributed by atoms with Crippen molar-refractivity contribution in [2.75, 3.05) is 13.7 Å². The molecule has 21 heavy (non-hydrogen) atoms. The smallest absolute Gasteiger partial charge is 0.337 e. The van der Waals surface area contributed by atoms with E-state index in [0.29, 0.717) is 18.7 Å². The molecule has 0 saturated carbocycles. The van der Waals surface area contributed by atoms with Crippen molar-refractivity contribution in [2.45, 2.75) is 19.3 Å². The molecule has 1 atom stereocenters. The second-order valence-corrected chi connectivity index (χ2v) is 4.98. The molecule has 1 aliphatic heterocycles. The van der Waals surface area contributed by atoms with E-state index in [1.165, 1.54) is 7.11 Å². The molecular formula is C16H20N2O3. The second-order valence-electron chi connectivity index (χ2n) is 4.98. The van der Waals surface area contributed by atoms with Crippen LogP contribution in [0.25, 0.3) is 0 Å². The fourth-order valence-corrected chi connectivity index (χ4v) is 2.04. The number of methoxy groups -OCH3 is 1. The molecule has 112 valence electrons. The van der Waals surface area contributed by atoms with Gasteiger partial charge in [0.15, 0.2) is 5.85 Å². The molecule has 0 amide bonds. The Hall–Kier alpha value is -2.11. The van der Waals surface area contributed by atoms with Gasteiger partial charge in [-0.05, 0) is 30.7 Å². The summed E-state index contributed by atoms with van der Waals surface area (Å²) in [6.45, 7) is 2.85. The van der Waals surface area contributed by atoms with Crippen molar-refractivity contribution in [3.63, 3.8) is 0 Å². The number of nitrogens with zero attached hydrogens (tertiary/aromatic N) is 1. The van der Waals surface area contributed by atoms with Crippen LogP contribution in [-0.2, 0) is 11.3 Å². The molecule has 0 spiro atoms. The number of carbonyl (C=O) groups is 1. The summed E-state index contributed by atoms with van der Waals surface area (Å²) in [6, 6.07) is 7.09. The van der Waals surface area contributed by atoms with E-state index in [1.54, 1.807) is 24.0 Å². The lowest BCUT2D eigenvalue weighted by Crippen LogP contribution is -2.54. The maximum absolute atomic E-state index is 11.3. The first kappa shape index (κ1) is 15.3. The number of hydrogen-bond donors (Lipinski definition) is 2. The van der Waals surface area contributed by atoms with E-state index in [-0.39, 0.29) is 5.97 Å². The second kappa shape index (κ2) is 6.56. The Kier molecular flexibility index (Phi) is 4.77. The largest absolute Gasteiger partial charge is 0.465 e. The van der Waals surface area contributed by atoms with Gasteiger partial charge in [-0.25, -0.2) is 4.79 Å². The van der Waals surface area contributed by atoms with Crippen LogP contribution in [0.5, 0.6) is 0 Å². The van der Waals surface area contributed by atoms with Gasteiger partial charge in [0.05, 0.1) is 12.7 Å². The average molecular weight is 288 g/mol. The Bertz CT molecular complexity index is 547. The van der Waals surface area contributed by atoms with Gasteiger partial charge in [-0.3, -0.25) is 5.32 Å². The molecule has 2 rings (SSSR count). The molecule has 1 heterocycles. The minimum absolute atomic E-state index is 0.355. The highest BCUT2D eigenvalue weighted by molar-refractivity contribution is 5.89. The molecule has 5 heteroatoms. The predicted octanol–water partition coefficient (Wildman–Crippen LogP) is 1.61. The summed E-state index contributed by atoms with van der Waals surface area (Å²) in [5, 5.41) is 13.5. The standard InChI is InChI=1S/C16H20N2O3/c1-16(20,18-10-4-3-5-11-18)17-12-13-6-8-14(9-7-13)15(19)21-2/h3-10,17,20H,11-12H2,1-2H3. The highest BCUT2D eigenvalue weighted by Gasteiger charge is 2.25. The van der Waals surface area contributed by atoms with Gasteiger partial charge in [0, 0.05) is 19.3 Å². The normalized spacial score (nSPS) is 16.6. The summed E-state index contributed by atoms with van der Waals surface area (Å²) in [5.41, 5.74) is 1.48. The minimum atomic E-state index is -1.14. The van der Waals surface area contributed by atoms with Gasteiger partial charge in [0.2, 0.25) is 0 Å². The van der Waals surface area contributed by atoms with Crippen LogP contribution < -0.4 is 5.32 Å². The van der Waals surface area contributed by atoms with E-state index in [2.05, 4.69) is 10.1 Å². The summed E-state index contributed by atoms with van der Waals surface area (Å²) in [4.78, 5) is 13.2. The van der Waals surface area contributed by atoms with Crippen LogP contribution in [0.15, 0.2) is 48.7 Å². The third kappa shape index (κ3) is 3.93. The number of hydrogen-bond acceptors (Lipinski definition) is 5. The Morgan fingerprint density at radius 3 is 2.67 bits per heavy atom. The van der Waals surface area contributed by atoms with E-state index in [1.807, 2.05) is 36.6 Å². The van der Waals surface area contributed by atoms with Crippen molar-refractivity contribution in [1.29, 1.82) is 0 Å². The first-order valence-corrected chi connectivity index (χ1v) is 6.77. The third-order valence-corrected chi connectivity index (χ3v) is 3.38. The molecule has 0 fully saturated rings. The van der Waals surface area contributed by atoms with Gasteiger partial charge >= 0.3 is 5.97 Å². The zero-order valence-corrected chi connectivity index (χ0v) is 12.2. The molecule has 1 unspecified atom stereocenters. The van der Waals surface area contributed by atoms with Crippen molar-refractivity contribution >= 4 is 5.97 Å². The minimum Gasteiger partial charge on any atom is -0.465 e. The fraction of sp³-hybridized carbons (Fsp3) is 0.312. The summed E-state index contributed by atoms with van der Waals surface area (Å²) >= 11 is 0. The lowest BCUT2D eigenvalue weighted by molar-refractivity contribution is -0.0918. The average Bonchev–Trinajstić information content (AvgIpc) is 2.53. The van der Waals surface area contributed by atoms with Crippen molar-refractivity contribution in [1.82, 2.24) is 10.2 Å². The number of allylic oxidation sites excluding steroid dienone is 2. The monoisotopic (exact) mass is 288 g/mol. The molecule has 0 aliphatic carbocycles. The Morgan fingerprint density at radius 1 is 1.38 bits per heavy atom. The van der Waals surface area contributed by atoms with Crippen LogP contribution in [0.2, 0.25) is 0 Å². The van der Waals surface area contributed by atoms with Gasteiger partial charge in [-0.2, -0.15) is 0 Å². The number of aliphatic hydroxyl groups is 1. The maximum atomic E-state index is 11.3. The Morgan fingerprint density at radius 2 is 2.10 bits per heavy atom. The summed E-state index contributed by atoms with van der Waals surface area (Å²) in [6.07, 6.45) is 7.64. The molecule has 0 saturated heterocycles. The number of ether oxygens (including phenoxy) is 1. The summed E-state index contributed by atoms with van der Waals surface area (Å²) in [7, 11) is 1.36. The van der Waals surface area contributed by atoms with Crippen molar-refractivity contribution < 1.29 is 14.6 Å². The summed E-state index contributed by atoms with van der Waals surface area (Å²) < 4.78 is 4.65. The zero-order valence-electron chi connectivity index (χ0n) is 12.2. The van der Waals surface area contributed by atoms with Gasteiger partial charge in [0.1, 0.15) is 0 Å². The fourth-order valence-electron chi connectivity index (χ4n) is 2.04. The van der Waals surface area contributed by atoms with Gasteiger partial charge in [-0.15, -0.1) is 0 Å². The van der Waals surface area contributed by atoms with E-state index in [4.69, 9.17) is 0 Å². The molecule has 1 aromatic carbocycles. The Balaban J connectivity index is 1.94. The van der Waals surface area contributed by atoms with Crippen molar-refractivity contribution in [3.8, 4) is 0 Å². The Labute approximate surface area is 124 Å². The van der Waals surface area contributed by atoms with E-state index >= 15 is 0 Å². The van der Waals surface area contributed by atoms with Crippen LogP contribution in [-0.4, -0.2) is 35.5 Å². The van der Waals surface area contributed by atoms with Gasteiger partial charge in [-0.1, -0.05) is 24.3 Å². The van der Waals surface area contributed by atoms with E-state index in [0.717, 1.165) is 5.56 Å². The van der Waals surface area contributed by atoms with Gasteiger partial charge in [0.25, 0.3) is 0 Å². The first-order valence-electron chi connectivity index (χ1n) is 6.77.